The number of nitrogens with one attached hydrogen (secondary N) is 1. The second-order valence-corrected chi connectivity index (χ2v) is 6.63. The monoisotopic (exact) mass is 349 g/mol. The maximum absolute atomic E-state index is 13.4. The molecule has 3 rings (SSSR count). The Morgan fingerprint density at radius 2 is 2.16 bits per heavy atom. The number of amides is 2. The predicted octanol–water partition coefficient (Wildman–Crippen LogP) is 1.02. The number of benzene rings is 1. The van der Waals surface area contributed by atoms with Crippen LogP contribution < -0.4 is 10.2 Å². The molecule has 0 aliphatic carbocycles. The van der Waals surface area contributed by atoms with E-state index >= 15 is 0 Å². The van der Waals surface area contributed by atoms with Crippen molar-refractivity contribution in [3.05, 3.63) is 30.1 Å². The molecule has 2 saturated heterocycles. The van der Waals surface area contributed by atoms with E-state index in [2.05, 4.69) is 17.1 Å². The van der Waals surface area contributed by atoms with Crippen LogP contribution in [0.1, 0.15) is 13.3 Å². The summed E-state index contributed by atoms with van der Waals surface area (Å²) in [5.74, 6) is -1.05. The summed E-state index contributed by atoms with van der Waals surface area (Å²) in [7, 11) is 0. The number of carbonyl (C=O) groups is 2. The zero-order valence-electron chi connectivity index (χ0n) is 14.4. The van der Waals surface area contributed by atoms with Crippen molar-refractivity contribution in [3.63, 3.8) is 0 Å². The fourth-order valence-electron chi connectivity index (χ4n) is 3.32. The first-order chi connectivity index (χ1) is 12.0. The van der Waals surface area contributed by atoms with Crippen LogP contribution >= 0.6 is 0 Å². The molecule has 6 nitrogen and oxygen atoms in total. The average Bonchev–Trinajstić information content (AvgIpc) is 3.02. The Bertz CT molecular complexity index is 634. The normalized spacial score (nSPS) is 22.9. The molecule has 7 heteroatoms. The summed E-state index contributed by atoms with van der Waals surface area (Å²) in [6.07, 6.45) is 0.161. The van der Waals surface area contributed by atoms with E-state index in [1.54, 1.807) is 12.1 Å². The Kier molecular flexibility index (Phi) is 5.65. The molecule has 1 N–H and O–H groups in total. The fraction of sp³-hybridized carbons (Fsp3) is 0.556. The van der Waals surface area contributed by atoms with Crippen LogP contribution in [0.3, 0.4) is 0 Å². The van der Waals surface area contributed by atoms with Crippen LogP contribution in [0.15, 0.2) is 24.3 Å². The van der Waals surface area contributed by atoms with Gasteiger partial charge in [-0.3, -0.25) is 14.5 Å². The van der Waals surface area contributed by atoms with Crippen LogP contribution in [0.4, 0.5) is 10.1 Å². The third-order valence-electron chi connectivity index (χ3n) is 4.86. The largest absolute Gasteiger partial charge is 0.379 e. The Morgan fingerprint density at radius 1 is 1.40 bits per heavy atom. The molecular weight excluding hydrogens is 325 g/mol. The smallest absolute Gasteiger partial charge is 0.227 e. The average molecular weight is 349 g/mol. The van der Waals surface area contributed by atoms with Gasteiger partial charge < -0.3 is 15.0 Å². The molecule has 0 saturated carbocycles. The van der Waals surface area contributed by atoms with E-state index in [4.69, 9.17) is 4.74 Å². The van der Waals surface area contributed by atoms with Gasteiger partial charge in [-0.1, -0.05) is 6.07 Å². The van der Waals surface area contributed by atoms with Crippen molar-refractivity contribution in [3.8, 4) is 0 Å². The summed E-state index contributed by atoms with van der Waals surface area (Å²) in [5.41, 5.74) is 0.502. The van der Waals surface area contributed by atoms with Crippen molar-refractivity contribution in [2.75, 3.05) is 44.3 Å². The minimum atomic E-state index is -0.396. The summed E-state index contributed by atoms with van der Waals surface area (Å²) < 4.78 is 18.7. The van der Waals surface area contributed by atoms with Gasteiger partial charge in [-0.15, -0.1) is 0 Å². The highest BCUT2D eigenvalue weighted by Gasteiger charge is 2.35. The highest BCUT2D eigenvalue weighted by molar-refractivity contribution is 6.00. The lowest BCUT2D eigenvalue weighted by Crippen LogP contribution is -2.48. The Balaban J connectivity index is 1.52. The number of anilines is 1. The quantitative estimate of drug-likeness (QED) is 0.862. The van der Waals surface area contributed by atoms with Crippen LogP contribution in [0.2, 0.25) is 0 Å². The predicted molar refractivity (Wildman–Crippen MR) is 91.7 cm³/mol. The molecule has 25 heavy (non-hydrogen) atoms. The zero-order chi connectivity index (χ0) is 17.8. The molecule has 0 aromatic heterocycles. The first-order valence-corrected chi connectivity index (χ1v) is 8.70. The third kappa shape index (κ3) is 4.35. The number of hydrogen-bond donors (Lipinski definition) is 1. The molecular formula is C18H24FN3O3. The number of carbonyl (C=O) groups excluding carboxylic acids is 2. The van der Waals surface area contributed by atoms with Gasteiger partial charge in [0.1, 0.15) is 5.82 Å². The van der Waals surface area contributed by atoms with E-state index < -0.39 is 11.7 Å². The third-order valence-corrected chi connectivity index (χ3v) is 4.86. The van der Waals surface area contributed by atoms with Crippen molar-refractivity contribution in [1.82, 2.24) is 10.2 Å². The molecule has 1 aromatic carbocycles. The molecule has 0 spiro atoms. The van der Waals surface area contributed by atoms with Gasteiger partial charge in [-0.05, 0) is 25.1 Å². The lowest BCUT2D eigenvalue weighted by Gasteiger charge is -2.32. The number of nitrogens with zero attached hydrogens (tertiary/aromatic N) is 2. The van der Waals surface area contributed by atoms with E-state index in [0.717, 1.165) is 26.3 Å². The van der Waals surface area contributed by atoms with E-state index in [1.807, 2.05) is 0 Å². The van der Waals surface area contributed by atoms with Crippen LogP contribution in [0, 0.1) is 11.7 Å². The summed E-state index contributed by atoms with van der Waals surface area (Å²) >= 11 is 0. The van der Waals surface area contributed by atoms with Gasteiger partial charge in [0.05, 0.1) is 19.1 Å². The highest BCUT2D eigenvalue weighted by atomic mass is 19.1. The van der Waals surface area contributed by atoms with E-state index in [9.17, 15) is 14.0 Å². The number of hydrogen-bond acceptors (Lipinski definition) is 4. The van der Waals surface area contributed by atoms with Gasteiger partial charge in [0.15, 0.2) is 0 Å². The van der Waals surface area contributed by atoms with E-state index in [0.29, 0.717) is 18.8 Å². The Hall–Kier alpha value is -1.99. The molecule has 136 valence electrons. The maximum atomic E-state index is 13.4. The lowest BCUT2D eigenvalue weighted by molar-refractivity contribution is -0.126. The van der Waals surface area contributed by atoms with Crippen LogP contribution in [-0.4, -0.2) is 62.1 Å². The van der Waals surface area contributed by atoms with Crippen molar-refractivity contribution in [1.29, 1.82) is 0 Å². The highest BCUT2D eigenvalue weighted by Crippen LogP contribution is 2.25. The van der Waals surface area contributed by atoms with E-state index in [-0.39, 0.29) is 24.3 Å². The lowest BCUT2D eigenvalue weighted by atomic mass is 10.1. The molecule has 0 radical (unpaired) electrons. The molecule has 2 unspecified atom stereocenters. The van der Waals surface area contributed by atoms with E-state index in [1.165, 1.54) is 17.0 Å². The first-order valence-electron chi connectivity index (χ1n) is 8.70. The van der Waals surface area contributed by atoms with Gasteiger partial charge in [0.2, 0.25) is 11.8 Å². The second-order valence-electron chi connectivity index (χ2n) is 6.63. The Morgan fingerprint density at radius 3 is 2.88 bits per heavy atom. The molecule has 0 bridgehead atoms. The Labute approximate surface area is 146 Å². The van der Waals surface area contributed by atoms with Gasteiger partial charge in [0, 0.05) is 44.3 Å². The summed E-state index contributed by atoms with van der Waals surface area (Å²) in [6, 6.07) is 6.13. The number of halogens is 1. The van der Waals surface area contributed by atoms with Crippen molar-refractivity contribution < 1.29 is 18.7 Å². The number of rotatable bonds is 5. The molecule has 2 fully saturated rings. The summed E-state index contributed by atoms with van der Waals surface area (Å²) in [5, 5.41) is 2.95. The summed E-state index contributed by atoms with van der Waals surface area (Å²) in [6.45, 7) is 6.09. The molecule has 1 aromatic rings. The van der Waals surface area contributed by atoms with Gasteiger partial charge in [-0.2, -0.15) is 0 Å². The van der Waals surface area contributed by atoms with Crippen LogP contribution in [0.25, 0.3) is 0 Å². The summed E-state index contributed by atoms with van der Waals surface area (Å²) in [4.78, 5) is 28.4. The standard InChI is InChI=1S/C18H24FN3O3/c1-13(21-5-7-25-8-6-21)11-20-18(24)14-9-17(23)22(12-14)16-4-2-3-15(19)10-16/h2-4,10,13-14H,5-9,11-12H2,1H3,(H,20,24). The van der Waals surface area contributed by atoms with Crippen LogP contribution in [0.5, 0.6) is 0 Å². The van der Waals surface area contributed by atoms with Crippen molar-refractivity contribution in [2.45, 2.75) is 19.4 Å². The number of morpholine rings is 1. The SMILES string of the molecule is CC(CNC(=O)C1CC(=O)N(c2cccc(F)c2)C1)N1CCOCC1. The second kappa shape index (κ2) is 7.93. The van der Waals surface area contributed by atoms with Gasteiger partial charge in [0.25, 0.3) is 0 Å². The molecule has 2 aliphatic rings. The first kappa shape index (κ1) is 17.8. The topological polar surface area (TPSA) is 61.9 Å². The van der Waals surface area contributed by atoms with Gasteiger partial charge in [-0.25, -0.2) is 4.39 Å². The van der Waals surface area contributed by atoms with Crippen molar-refractivity contribution in [2.24, 2.45) is 5.92 Å². The fourth-order valence-corrected chi connectivity index (χ4v) is 3.32. The van der Waals surface area contributed by atoms with Crippen LogP contribution in [-0.2, 0) is 14.3 Å². The molecule has 2 heterocycles. The molecule has 2 amide bonds. The maximum Gasteiger partial charge on any atom is 0.227 e. The van der Waals surface area contributed by atoms with Gasteiger partial charge >= 0.3 is 0 Å². The zero-order valence-corrected chi connectivity index (χ0v) is 14.4. The minimum Gasteiger partial charge on any atom is -0.379 e. The number of ether oxygens (including phenoxy) is 1. The molecule has 2 aliphatic heterocycles. The molecule has 2 atom stereocenters. The van der Waals surface area contributed by atoms with Crippen molar-refractivity contribution >= 4 is 17.5 Å². The minimum absolute atomic E-state index is 0.118.